The number of amides is 4. The van der Waals surface area contributed by atoms with E-state index < -0.39 is 17.9 Å². The Labute approximate surface area is 250 Å². The van der Waals surface area contributed by atoms with E-state index in [0.29, 0.717) is 41.0 Å². The van der Waals surface area contributed by atoms with Gasteiger partial charge in [-0.15, -0.1) is 6.42 Å². The second kappa shape index (κ2) is 10.4. The molecule has 2 saturated carbocycles. The van der Waals surface area contributed by atoms with Crippen LogP contribution in [0.4, 0.5) is 26.5 Å². The van der Waals surface area contributed by atoms with Gasteiger partial charge in [0.15, 0.2) is 11.5 Å². The summed E-state index contributed by atoms with van der Waals surface area (Å²) in [6.07, 6.45) is 14.8. The number of aryl methyl sites for hydroxylation is 1. The van der Waals surface area contributed by atoms with E-state index >= 15 is 0 Å². The molecule has 1 saturated heterocycles. The topological polar surface area (TPSA) is 151 Å². The quantitative estimate of drug-likeness (QED) is 0.232. The Hall–Kier alpha value is -5.45. The van der Waals surface area contributed by atoms with Crippen molar-refractivity contribution in [3.8, 4) is 12.3 Å². The monoisotopic (exact) mass is 594 g/mol. The number of rotatable bonds is 8. The number of halogens is 1. The molecule has 222 valence electrons. The zero-order valence-electron chi connectivity index (χ0n) is 23.9. The first kappa shape index (κ1) is 27.4. The fourth-order valence-electron chi connectivity index (χ4n) is 5.37. The van der Waals surface area contributed by atoms with Crippen LogP contribution in [-0.4, -0.2) is 65.7 Å². The van der Waals surface area contributed by atoms with Gasteiger partial charge in [-0.3, -0.25) is 19.4 Å². The Morgan fingerprint density at radius 3 is 2.64 bits per heavy atom. The minimum Gasteiger partial charge on any atom is -0.351 e. The van der Waals surface area contributed by atoms with E-state index in [1.165, 1.54) is 18.3 Å². The molecule has 0 unspecified atom stereocenters. The number of anilines is 3. The van der Waals surface area contributed by atoms with E-state index in [0.717, 1.165) is 29.5 Å². The summed E-state index contributed by atoms with van der Waals surface area (Å²) in [6.45, 7) is 1.49. The summed E-state index contributed by atoms with van der Waals surface area (Å²) in [6, 6.07) is 2.37. The van der Waals surface area contributed by atoms with Crippen molar-refractivity contribution in [1.29, 1.82) is 0 Å². The summed E-state index contributed by atoms with van der Waals surface area (Å²) in [4.78, 5) is 61.9. The van der Waals surface area contributed by atoms with Crippen LogP contribution in [0.1, 0.15) is 59.9 Å². The predicted octanol–water partition coefficient (Wildman–Crippen LogP) is 3.17. The number of likely N-dealkylation sites (N-methyl/N-ethyl adjacent to an activating group) is 1. The fraction of sp³-hybridized carbons (Fsp3) is 0.333. The molecule has 4 aromatic heterocycles. The number of nitrogens with zero attached hydrogens (tertiary/aromatic N) is 8. The SMILES string of the molecule is C#C[C@@H](Nc1cc(NC(=O)[C@H]2C[C@@H]2c2ncc(F)c(C)n2)ncn1)c1cn2cc(C3CC3)cc(N3CC(=O)N(C)C3=O)c2n1. The zero-order chi connectivity index (χ0) is 30.7. The van der Waals surface area contributed by atoms with Crippen molar-refractivity contribution in [3.05, 3.63) is 65.6 Å². The fourth-order valence-corrected chi connectivity index (χ4v) is 5.37. The molecule has 4 amide bonds. The molecule has 2 N–H and O–H groups in total. The Morgan fingerprint density at radius 1 is 1.14 bits per heavy atom. The summed E-state index contributed by atoms with van der Waals surface area (Å²) >= 11 is 0. The average molecular weight is 595 g/mol. The highest BCUT2D eigenvalue weighted by Crippen LogP contribution is 2.46. The third kappa shape index (κ3) is 4.96. The van der Waals surface area contributed by atoms with Crippen molar-refractivity contribution < 1.29 is 18.8 Å². The van der Waals surface area contributed by atoms with E-state index in [4.69, 9.17) is 11.4 Å². The van der Waals surface area contributed by atoms with Gasteiger partial charge in [0, 0.05) is 37.3 Å². The number of imidazole rings is 1. The lowest BCUT2D eigenvalue weighted by Crippen LogP contribution is -2.30. The molecule has 13 nitrogen and oxygen atoms in total. The maximum absolute atomic E-state index is 13.5. The van der Waals surface area contributed by atoms with E-state index in [2.05, 4.69) is 36.5 Å². The van der Waals surface area contributed by atoms with Gasteiger partial charge < -0.3 is 15.0 Å². The van der Waals surface area contributed by atoms with Crippen LogP contribution >= 0.6 is 0 Å². The van der Waals surface area contributed by atoms with E-state index in [1.54, 1.807) is 19.2 Å². The molecule has 2 aliphatic carbocycles. The van der Waals surface area contributed by atoms with Crippen LogP contribution in [0.25, 0.3) is 5.65 Å². The highest BCUT2D eigenvalue weighted by atomic mass is 19.1. The highest BCUT2D eigenvalue weighted by Gasteiger charge is 2.46. The minimum absolute atomic E-state index is 0.0638. The number of aromatic nitrogens is 6. The van der Waals surface area contributed by atoms with Gasteiger partial charge >= 0.3 is 6.03 Å². The first-order chi connectivity index (χ1) is 21.2. The molecule has 7 rings (SSSR count). The number of carbonyl (C=O) groups is 3. The number of carbonyl (C=O) groups excluding carboxylic acids is 3. The molecule has 0 radical (unpaired) electrons. The number of hydrogen-bond acceptors (Lipinski definition) is 9. The van der Waals surface area contributed by atoms with Gasteiger partial charge in [-0.05, 0) is 43.7 Å². The van der Waals surface area contributed by atoms with Crippen molar-refractivity contribution in [2.75, 3.05) is 29.1 Å². The number of pyridine rings is 1. The summed E-state index contributed by atoms with van der Waals surface area (Å²) in [5, 5.41) is 5.95. The second-order valence-corrected chi connectivity index (χ2v) is 11.3. The van der Waals surface area contributed by atoms with Crippen molar-refractivity contribution in [2.24, 2.45) is 5.92 Å². The summed E-state index contributed by atoms with van der Waals surface area (Å²) in [7, 11) is 1.46. The lowest BCUT2D eigenvalue weighted by molar-refractivity contribution is -0.124. The van der Waals surface area contributed by atoms with Crippen LogP contribution in [0.5, 0.6) is 0 Å². The first-order valence-electron chi connectivity index (χ1n) is 14.2. The lowest BCUT2D eigenvalue weighted by Gasteiger charge is -2.17. The van der Waals surface area contributed by atoms with Crippen LogP contribution in [-0.2, 0) is 9.59 Å². The Morgan fingerprint density at radius 2 is 1.93 bits per heavy atom. The van der Waals surface area contributed by atoms with Gasteiger partial charge in [-0.1, -0.05) is 5.92 Å². The largest absolute Gasteiger partial charge is 0.351 e. The zero-order valence-corrected chi connectivity index (χ0v) is 23.9. The van der Waals surface area contributed by atoms with Gasteiger partial charge in [0.1, 0.15) is 36.4 Å². The standard InChI is InChI=1S/C30H27FN10O3/c1-4-21(22-12-40-11-17(16-5-6-16)7-23(28(40)37-22)41-13-26(42)39(3)30(41)44)36-24-9-25(34-14-33-24)38-29(43)19-8-18(19)27-32-10-20(31)15(2)35-27/h1,7,9-12,14,16,18-19,21H,5-6,8,13H2,2-3H3,(H2,33,34,36,38,43)/t18-,19-,21+/m0/s1. The Bertz CT molecular complexity index is 1900. The number of fused-ring (bicyclic) bond motifs is 1. The molecule has 0 spiro atoms. The molecule has 44 heavy (non-hydrogen) atoms. The van der Waals surface area contributed by atoms with Gasteiger partial charge in [-0.2, -0.15) is 0 Å². The number of terminal acetylenes is 1. The lowest BCUT2D eigenvalue weighted by atomic mass is 10.1. The summed E-state index contributed by atoms with van der Waals surface area (Å²) in [5.41, 5.74) is 2.86. The molecular formula is C30H27FN10O3. The van der Waals surface area contributed by atoms with Crippen molar-refractivity contribution in [3.63, 3.8) is 0 Å². The highest BCUT2D eigenvalue weighted by molar-refractivity contribution is 6.13. The smallest absolute Gasteiger partial charge is 0.331 e. The van der Waals surface area contributed by atoms with Crippen molar-refractivity contribution in [2.45, 2.75) is 44.1 Å². The molecule has 5 heterocycles. The van der Waals surface area contributed by atoms with Gasteiger partial charge in [0.05, 0.1) is 23.3 Å². The molecule has 4 aromatic rings. The van der Waals surface area contributed by atoms with Crippen LogP contribution in [0.2, 0.25) is 0 Å². The van der Waals surface area contributed by atoms with E-state index in [1.807, 2.05) is 16.7 Å². The Kier molecular flexibility index (Phi) is 6.45. The molecular weight excluding hydrogens is 567 g/mol. The molecule has 0 aromatic carbocycles. The Balaban J connectivity index is 1.10. The predicted molar refractivity (Wildman–Crippen MR) is 156 cm³/mol. The second-order valence-electron chi connectivity index (χ2n) is 11.3. The molecule has 3 fully saturated rings. The normalized spacial score (nSPS) is 20.1. The van der Waals surface area contributed by atoms with Crippen LogP contribution in [0.15, 0.2) is 37.1 Å². The number of imide groups is 1. The van der Waals surface area contributed by atoms with Crippen LogP contribution in [0.3, 0.4) is 0 Å². The molecule has 0 bridgehead atoms. The number of hydrogen-bond donors (Lipinski definition) is 2. The minimum atomic E-state index is -0.712. The van der Waals surface area contributed by atoms with E-state index in [-0.39, 0.29) is 41.7 Å². The van der Waals surface area contributed by atoms with Crippen LogP contribution < -0.4 is 15.5 Å². The molecule has 3 atom stereocenters. The van der Waals surface area contributed by atoms with Crippen molar-refractivity contribution in [1.82, 2.24) is 34.2 Å². The van der Waals surface area contributed by atoms with Crippen LogP contribution in [0, 0.1) is 31.0 Å². The molecule has 14 heteroatoms. The summed E-state index contributed by atoms with van der Waals surface area (Å²) in [5.74, 6) is 2.60. The molecule has 3 aliphatic rings. The number of urea groups is 1. The third-order valence-corrected chi connectivity index (χ3v) is 8.17. The third-order valence-electron chi connectivity index (χ3n) is 8.17. The maximum Gasteiger partial charge on any atom is 0.331 e. The van der Waals surface area contributed by atoms with Gasteiger partial charge in [0.25, 0.3) is 0 Å². The maximum atomic E-state index is 13.5. The van der Waals surface area contributed by atoms with E-state index in [9.17, 15) is 18.8 Å². The number of nitrogens with one attached hydrogen (secondary N) is 2. The molecule has 1 aliphatic heterocycles. The van der Waals surface area contributed by atoms with Gasteiger partial charge in [-0.25, -0.2) is 34.1 Å². The van der Waals surface area contributed by atoms with Gasteiger partial charge in [0.2, 0.25) is 11.8 Å². The average Bonchev–Trinajstić information content (AvgIpc) is 3.94. The first-order valence-corrected chi connectivity index (χ1v) is 14.2. The summed E-state index contributed by atoms with van der Waals surface area (Å²) < 4.78 is 15.4. The van der Waals surface area contributed by atoms with Crippen molar-refractivity contribution >= 4 is 40.8 Å².